The number of pyridine rings is 2. The van der Waals surface area contributed by atoms with Crippen LogP contribution in [-0.4, -0.2) is 29.1 Å². The second-order valence-corrected chi connectivity index (χ2v) is 15.9. The Hall–Kier alpha value is -8.10. The van der Waals surface area contributed by atoms with Crippen molar-refractivity contribution in [1.82, 2.24) is 29.1 Å². The average Bonchev–Trinajstić information content (AvgIpc) is 3.79. The Labute approximate surface area is 358 Å². The first kappa shape index (κ1) is 36.9. The van der Waals surface area contributed by atoms with Crippen LogP contribution in [0.5, 0.6) is 23.0 Å². The van der Waals surface area contributed by atoms with Crippen LogP contribution in [0.1, 0.15) is 22.3 Å². The van der Waals surface area contributed by atoms with E-state index in [1.54, 1.807) is 0 Å². The van der Waals surface area contributed by atoms with E-state index in [9.17, 15) is 0 Å². The topological polar surface area (TPSA) is 79.9 Å². The maximum absolute atomic E-state index is 6.67. The Morgan fingerprint density at radius 3 is 1.55 bits per heavy atom. The zero-order chi connectivity index (χ0) is 41.9. The van der Waals surface area contributed by atoms with Crippen molar-refractivity contribution in [2.45, 2.75) is 27.7 Å². The van der Waals surface area contributed by atoms with Gasteiger partial charge in [0, 0.05) is 57.2 Å². The number of benzene rings is 6. The molecule has 0 unspecified atom stereocenters. The molecule has 0 aliphatic rings. The summed E-state index contributed by atoms with van der Waals surface area (Å²) in [7, 11) is 0. The lowest BCUT2D eigenvalue weighted by molar-refractivity contribution is 0.479. The summed E-state index contributed by atoms with van der Waals surface area (Å²) >= 11 is 0. The number of para-hydroxylation sites is 2. The molecule has 0 saturated carbocycles. The Morgan fingerprint density at radius 1 is 0.403 bits per heavy atom. The Morgan fingerprint density at radius 2 is 0.952 bits per heavy atom. The molecule has 11 aromatic rings. The molecule has 11 rings (SSSR count). The maximum Gasteiger partial charge on any atom is 0.137 e. The molecule has 298 valence electrons. The number of aromatic nitrogens is 6. The number of hydrogen-bond acceptors (Lipinski definition) is 6. The fraction of sp³-hybridized carbons (Fsp3) is 0.0741. The van der Waals surface area contributed by atoms with E-state index < -0.39 is 0 Å². The molecule has 8 nitrogen and oxygen atoms in total. The van der Waals surface area contributed by atoms with Crippen LogP contribution in [0.25, 0.3) is 77.8 Å². The summed E-state index contributed by atoms with van der Waals surface area (Å²) in [6.07, 6.45) is 7.36. The SMILES string of the molecule is Cc1ccnc(-n2c3ccccc3c3ccc(Oc4cccc(-c5cnc(-c6cc(Oc7ccc8c9ccccc9n(-c9cc(C)ccn9)c8c7)c(C)cc6C)cn5)c4)cc32)c1. The smallest absolute Gasteiger partial charge is 0.137 e. The Kier molecular flexibility index (Phi) is 8.86. The number of hydrogen-bond donors (Lipinski definition) is 0. The van der Waals surface area contributed by atoms with Crippen molar-refractivity contribution < 1.29 is 9.47 Å². The van der Waals surface area contributed by atoms with Crippen molar-refractivity contribution in [2.75, 3.05) is 0 Å². The van der Waals surface area contributed by atoms with E-state index in [2.05, 4.69) is 134 Å². The van der Waals surface area contributed by atoms with Gasteiger partial charge in [0.15, 0.2) is 0 Å². The molecule has 0 aliphatic carbocycles. The molecule has 0 saturated heterocycles. The van der Waals surface area contributed by atoms with Gasteiger partial charge in [0.25, 0.3) is 0 Å². The van der Waals surface area contributed by atoms with Crippen molar-refractivity contribution >= 4 is 43.6 Å². The van der Waals surface area contributed by atoms with Gasteiger partial charge in [-0.1, -0.05) is 54.6 Å². The van der Waals surface area contributed by atoms with E-state index in [1.807, 2.05) is 73.3 Å². The zero-order valence-corrected chi connectivity index (χ0v) is 34.7. The van der Waals surface area contributed by atoms with Crippen molar-refractivity contribution in [2.24, 2.45) is 0 Å². The van der Waals surface area contributed by atoms with Crippen molar-refractivity contribution in [3.8, 4) is 57.1 Å². The second kappa shape index (κ2) is 14.9. The van der Waals surface area contributed by atoms with Crippen molar-refractivity contribution in [3.05, 3.63) is 193 Å². The third-order valence-electron chi connectivity index (χ3n) is 11.6. The van der Waals surface area contributed by atoms with E-state index in [-0.39, 0.29) is 0 Å². The Bertz CT molecular complexity index is 3530. The molecule has 0 fully saturated rings. The van der Waals surface area contributed by atoms with E-state index in [1.165, 1.54) is 10.8 Å². The van der Waals surface area contributed by atoms with Gasteiger partial charge in [0.05, 0.1) is 45.8 Å². The summed E-state index contributed by atoms with van der Waals surface area (Å²) in [6.45, 7) is 8.34. The average molecular weight is 805 g/mol. The monoisotopic (exact) mass is 804 g/mol. The molecule has 5 heterocycles. The highest BCUT2D eigenvalue weighted by Crippen LogP contribution is 2.39. The minimum absolute atomic E-state index is 0.703. The molecule has 0 N–H and O–H groups in total. The van der Waals surface area contributed by atoms with Gasteiger partial charge in [-0.05, 0) is 129 Å². The van der Waals surface area contributed by atoms with Gasteiger partial charge in [-0.3, -0.25) is 19.1 Å². The van der Waals surface area contributed by atoms with Gasteiger partial charge in [-0.25, -0.2) is 9.97 Å². The van der Waals surface area contributed by atoms with Crippen LogP contribution in [0, 0.1) is 27.7 Å². The minimum Gasteiger partial charge on any atom is -0.457 e. The fourth-order valence-electron chi connectivity index (χ4n) is 8.62. The number of nitrogens with zero attached hydrogens (tertiary/aromatic N) is 6. The summed E-state index contributed by atoms with van der Waals surface area (Å²) in [5, 5.41) is 4.62. The van der Waals surface area contributed by atoms with Crippen LogP contribution in [-0.2, 0) is 0 Å². The highest BCUT2D eigenvalue weighted by molar-refractivity contribution is 6.10. The lowest BCUT2D eigenvalue weighted by Gasteiger charge is -2.14. The van der Waals surface area contributed by atoms with Crippen LogP contribution >= 0.6 is 0 Å². The number of fused-ring (bicyclic) bond motifs is 6. The predicted molar refractivity (Wildman–Crippen MR) is 249 cm³/mol. The maximum atomic E-state index is 6.67. The van der Waals surface area contributed by atoms with Crippen LogP contribution < -0.4 is 9.47 Å². The summed E-state index contributed by atoms with van der Waals surface area (Å²) in [4.78, 5) is 19.3. The normalized spacial score (nSPS) is 11.5. The molecule has 0 amide bonds. The molecule has 8 heteroatoms. The van der Waals surface area contributed by atoms with Crippen molar-refractivity contribution in [1.29, 1.82) is 0 Å². The minimum atomic E-state index is 0.703. The fourth-order valence-corrected chi connectivity index (χ4v) is 8.62. The van der Waals surface area contributed by atoms with E-state index >= 15 is 0 Å². The molecule has 5 aromatic heterocycles. The van der Waals surface area contributed by atoms with Crippen LogP contribution in [0.2, 0.25) is 0 Å². The number of rotatable bonds is 8. The highest BCUT2D eigenvalue weighted by Gasteiger charge is 2.17. The molecule has 0 spiro atoms. The summed E-state index contributed by atoms with van der Waals surface area (Å²) in [6, 6.07) is 49.8. The van der Waals surface area contributed by atoms with Crippen LogP contribution in [0.3, 0.4) is 0 Å². The summed E-state index contributed by atoms with van der Waals surface area (Å²) in [5.74, 6) is 4.67. The molecular formula is C54H40N6O2. The Balaban J connectivity index is 0.875. The first-order valence-corrected chi connectivity index (χ1v) is 20.7. The second-order valence-electron chi connectivity index (χ2n) is 15.9. The van der Waals surface area contributed by atoms with E-state index in [4.69, 9.17) is 29.4 Å². The summed E-state index contributed by atoms with van der Waals surface area (Å²) < 4.78 is 17.6. The van der Waals surface area contributed by atoms with Crippen LogP contribution in [0.4, 0.5) is 0 Å². The molecule has 0 atom stereocenters. The van der Waals surface area contributed by atoms with Crippen molar-refractivity contribution in [3.63, 3.8) is 0 Å². The third kappa shape index (κ3) is 6.49. The van der Waals surface area contributed by atoms with Gasteiger partial charge >= 0.3 is 0 Å². The highest BCUT2D eigenvalue weighted by atomic mass is 16.5. The first-order valence-electron chi connectivity index (χ1n) is 20.7. The van der Waals surface area contributed by atoms with E-state index in [0.29, 0.717) is 5.75 Å². The van der Waals surface area contributed by atoms with Gasteiger partial charge < -0.3 is 9.47 Å². The number of ether oxygens (including phenoxy) is 2. The number of aryl methyl sites for hydroxylation is 4. The molecule has 62 heavy (non-hydrogen) atoms. The first-order chi connectivity index (χ1) is 30.3. The predicted octanol–water partition coefficient (Wildman–Crippen LogP) is 13.6. The van der Waals surface area contributed by atoms with Gasteiger partial charge in [0.1, 0.15) is 34.6 Å². The zero-order valence-electron chi connectivity index (χ0n) is 34.7. The van der Waals surface area contributed by atoms with Gasteiger partial charge in [-0.2, -0.15) is 0 Å². The van der Waals surface area contributed by atoms with E-state index in [0.717, 1.165) is 106 Å². The quantitative estimate of drug-likeness (QED) is 0.152. The lowest BCUT2D eigenvalue weighted by atomic mass is 10.0. The van der Waals surface area contributed by atoms with Gasteiger partial charge in [-0.15, -0.1) is 0 Å². The van der Waals surface area contributed by atoms with Gasteiger partial charge in [0.2, 0.25) is 0 Å². The standard InChI is InChI=1S/C54H40N6O2/c1-33-20-22-55-53(24-33)59-48-14-7-5-12-41(48)43-18-16-39(28-50(43)59)61-38-11-9-10-37(27-38)46-31-58-47(32-57-46)45-30-52(36(4)26-35(45)3)62-40-17-19-44-42-13-6-8-15-49(42)60(51(44)29-40)54-25-34(2)21-23-56-54/h5-32H,1-4H3. The lowest BCUT2D eigenvalue weighted by Crippen LogP contribution is -1.98. The molecule has 0 aliphatic heterocycles. The molecule has 0 bridgehead atoms. The largest absolute Gasteiger partial charge is 0.457 e. The molecule has 0 radical (unpaired) electrons. The summed E-state index contributed by atoms with van der Waals surface area (Å²) in [5.41, 5.74) is 12.0. The molecule has 6 aromatic carbocycles. The molecular weight excluding hydrogens is 765 g/mol. The third-order valence-corrected chi connectivity index (χ3v) is 11.6. The van der Waals surface area contributed by atoms with Crippen LogP contribution in [0.15, 0.2) is 170 Å².